The summed E-state index contributed by atoms with van der Waals surface area (Å²) in [6, 6.07) is 9.93. The van der Waals surface area contributed by atoms with E-state index < -0.39 is 0 Å². The van der Waals surface area contributed by atoms with Crippen LogP contribution in [0.5, 0.6) is 0 Å². The summed E-state index contributed by atoms with van der Waals surface area (Å²) in [5.41, 5.74) is 2.10. The molecule has 0 atom stereocenters. The molecule has 1 amide bonds. The maximum Gasteiger partial charge on any atom is 0.291 e. The lowest BCUT2D eigenvalue weighted by Crippen LogP contribution is -2.35. The van der Waals surface area contributed by atoms with Crippen LogP contribution in [-0.2, 0) is 17.8 Å². The van der Waals surface area contributed by atoms with Crippen LogP contribution < -0.4 is 10.9 Å². The molecule has 0 aliphatic heterocycles. The molecule has 1 N–H and O–H groups in total. The molecule has 4 aromatic rings. The molecule has 0 fully saturated rings. The van der Waals surface area contributed by atoms with E-state index in [0.29, 0.717) is 24.3 Å². The van der Waals surface area contributed by atoms with Crippen molar-refractivity contribution in [3.63, 3.8) is 0 Å². The van der Waals surface area contributed by atoms with Gasteiger partial charge in [-0.1, -0.05) is 12.1 Å². The Hall–Kier alpha value is -3.00. The molecule has 4 rings (SSSR count). The molecule has 138 valence electrons. The number of hydrogen-bond donors (Lipinski definition) is 1. The Morgan fingerprint density at radius 1 is 1.22 bits per heavy atom. The number of carbonyl (C=O) groups is 1. The van der Waals surface area contributed by atoms with E-state index >= 15 is 0 Å². The quantitative estimate of drug-likeness (QED) is 0.575. The first-order valence-electron chi connectivity index (χ1n) is 8.50. The molecule has 8 heteroatoms. The third-order valence-electron chi connectivity index (χ3n) is 4.41. The van der Waals surface area contributed by atoms with Crippen molar-refractivity contribution in [2.75, 3.05) is 6.54 Å². The summed E-state index contributed by atoms with van der Waals surface area (Å²) in [5.74, 6) is 0.0742. The van der Waals surface area contributed by atoms with Crippen LogP contribution in [-0.4, -0.2) is 26.6 Å². The van der Waals surface area contributed by atoms with Gasteiger partial charge in [-0.3, -0.25) is 14.0 Å². The molecule has 6 nitrogen and oxygen atoms in total. The zero-order valence-electron chi connectivity index (χ0n) is 14.6. The molecule has 3 aromatic heterocycles. The highest BCUT2D eigenvalue weighted by molar-refractivity contribution is 7.17. The lowest BCUT2D eigenvalue weighted by Gasteiger charge is -2.09. The number of thiophene rings is 1. The van der Waals surface area contributed by atoms with Gasteiger partial charge >= 0.3 is 0 Å². The molecule has 1 aromatic carbocycles. The predicted octanol–water partition coefficient (Wildman–Crippen LogP) is 2.52. The molecule has 3 heterocycles. The van der Waals surface area contributed by atoms with Gasteiger partial charge in [0.1, 0.15) is 23.7 Å². The number of nitrogens with one attached hydrogen (secondary N) is 1. The fourth-order valence-electron chi connectivity index (χ4n) is 3.12. The van der Waals surface area contributed by atoms with Crippen molar-refractivity contribution in [1.82, 2.24) is 19.5 Å². The summed E-state index contributed by atoms with van der Waals surface area (Å²) in [6.07, 6.45) is 0.585. The molecule has 27 heavy (non-hydrogen) atoms. The second-order valence-electron chi connectivity index (χ2n) is 6.27. The largest absolute Gasteiger partial charge is 0.354 e. The standard InChI is InChI=1S/C19H17FN4O2S/c1-12-22-23(19(26)16-10-17-15(24(12)16)7-9-27-17)11-18(25)21-8-6-13-2-4-14(20)5-3-13/h2-5,7,9-10H,6,8,11H2,1H3,(H,21,25). The van der Waals surface area contributed by atoms with Crippen LogP contribution in [0.2, 0.25) is 0 Å². The third-order valence-corrected chi connectivity index (χ3v) is 5.26. The van der Waals surface area contributed by atoms with Crippen LogP contribution in [0.1, 0.15) is 11.4 Å². The van der Waals surface area contributed by atoms with Gasteiger partial charge in [0, 0.05) is 6.54 Å². The Morgan fingerprint density at radius 2 is 2.00 bits per heavy atom. The van der Waals surface area contributed by atoms with Gasteiger partial charge in [0.2, 0.25) is 5.91 Å². The smallest absolute Gasteiger partial charge is 0.291 e. The molecule has 0 unspecified atom stereocenters. The molecule has 0 radical (unpaired) electrons. The second-order valence-corrected chi connectivity index (χ2v) is 7.22. The Bertz CT molecular complexity index is 1190. The second kappa shape index (κ2) is 6.96. The van der Waals surface area contributed by atoms with Crippen LogP contribution in [0, 0.1) is 12.7 Å². The van der Waals surface area contributed by atoms with Crippen LogP contribution in [0.3, 0.4) is 0 Å². The van der Waals surface area contributed by atoms with Gasteiger partial charge in [-0.25, -0.2) is 9.07 Å². The summed E-state index contributed by atoms with van der Waals surface area (Å²) < 4.78 is 16.9. The van der Waals surface area contributed by atoms with E-state index in [0.717, 1.165) is 15.8 Å². The lowest BCUT2D eigenvalue weighted by atomic mass is 10.1. The molecule has 0 aliphatic rings. The van der Waals surface area contributed by atoms with E-state index in [1.165, 1.54) is 16.8 Å². The van der Waals surface area contributed by atoms with Gasteiger partial charge in [0.05, 0.1) is 10.2 Å². The van der Waals surface area contributed by atoms with Crippen molar-refractivity contribution in [2.24, 2.45) is 0 Å². The van der Waals surface area contributed by atoms with Gasteiger partial charge in [-0.15, -0.1) is 11.3 Å². The van der Waals surface area contributed by atoms with E-state index in [1.807, 2.05) is 28.8 Å². The van der Waals surface area contributed by atoms with Crippen molar-refractivity contribution < 1.29 is 9.18 Å². The number of carbonyl (C=O) groups excluding carboxylic acids is 1. The van der Waals surface area contributed by atoms with E-state index in [2.05, 4.69) is 10.4 Å². The minimum absolute atomic E-state index is 0.140. The molecule has 0 spiro atoms. The Labute approximate surface area is 157 Å². The average molecular weight is 384 g/mol. The van der Waals surface area contributed by atoms with Gasteiger partial charge in [-0.05, 0) is 48.6 Å². The number of fused-ring (bicyclic) bond motifs is 3. The first kappa shape index (κ1) is 17.4. The number of nitrogens with zero attached hydrogens (tertiary/aromatic N) is 3. The number of benzene rings is 1. The zero-order valence-corrected chi connectivity index (χ0v) is 15.4. The van der Waals surface area contributed by atoms with E-state index in [-0.39, 0.29) is 23.8 Å². The highest BCUT2D eigenvalue weighted by atomic mass is 32.1. The average Bonchev–Trinajstić information content (AvgIpc) is 3.22. The van der Waals surface area contributed by atoms with Gasteiger partial charge in [0.25, 0.3) is 5.56 Å². The molecule has 0 saturated heterocycles. The Morgan fingerprint density at radius 3 is 2.78 bits per heavy atom. The molecule has 0 saturated carbocycles. The summed E-state index contributed by atoms with van der Waals surface area (Å²) >= 11 is 1.56. The Balaban J connectivity index is 1.47. The van der Waals surface area contributed by atoms with Crippen LogP contribution in [0.15, 0.2) is 46.6 Å². The fourth-order valence-corrected chi connectivity index (χ4v) is 3.93. The molecular weight excluding hydrogens is 367 g/mol. The van der Waals surface area contributed by atoms with Gasteiger partial charge in [-0.2, -0.15) is 5.10 Å². The highest BCUT2D eigenvalue weighted by Gasteiger charge is 2.14. The van der Waals surface area contributed by atoms with Crippen molar-refractivity contribution in [3.05, 3.63) is 69.3 Å². The maximum atomic E-state index is 12.9. The van der Waals surface area contributed by atoms with Gasteiger partial charge < -0.3 is 5.32 Å². The first-order chi connectivity index (χ1) is 13.0. The molecular formula is C19H17FN4O2S. The number of aromatic nitrogens is 3. The monoisotopic (exact) mass is 384 g/mol. The summed E-state index contributed by atoms with van der Waals surface area (Å²) in [7, 11) is 0. The van der Waals surface area contributed by atoms with Crippen molar-refractivity contribution >= 4 is 33.0 Å². The number of aryl methyl sites for hydroxylation is 1. The zero-order chi connectivity index (χ0) is 19.0. The molecule has 0 aliphatic carbocycles. The number of hydrogen-bond acceptors (Lipinski definition) is 4. The first-order valence-corrected chi connectivity index (χ1v) is 9.38. The normalized spacial score (nSPS) is 11.3. The SMILES string of the molecule is Cc1nn(CC(=O)NCCc2ccc(F)cc2)c(=O)c2cc3sccc3n12. The predicted molar refractivity (Wildman–Crippen MR) is 103 cm³/mol. The lowest BCUT2D eigenvalue weighted by molar-refractivity contribution is -0.121. The van der Waals surface area contributed by atoms with Crippen LogP contribution in [0.4, 0.5) is 4.39 Å². The summed E-state index contributed by atoms with van der Waals surface area (Å²) in [5, 5.41) is 9.03. The third kappa shape index (κ3) is 3.35. The minimum Gasteiger partial charge on any atom is -0.354 e. The van der Waals surface area contributed by atoms with Crippen molar-refractivity contribution in [3.8, 4) is 0 Å². The van der Waals surface area contributed by atoms with E-state index in [1.54, 1.807) is 23.5 Å². The number of amides is 1. The van der Waals surface area contributed by atoms with Crippen LogP contribution >= 0.6 is 11.3 Å². The van der Waals surface area contributed by atoms with Gasteiger partial charge in [0.15, 0.2) is 0 Å². The topological polar surface area (TPSA) is 68.4 Å². The van der Waals surface area contributed by atoms with Crippen molar-refractivity contribution in [1.29, 1.82) is 0 Å². The number of halogens is 1. The molecule has 0 bridgehead atoms. The minimum atomic E-state index is -0.294. The van der Waals surface area contributed by atoms with Crippen LogP contribution in [0.25, 0.3) is 15.7 Å². The van der Waals surface area contributed by atoms with Crippen molar-refractivity contribution in [2.45, 2.75) is 19.9 Å². The highest BCUT2D eigenvalue weighted by Crippen LogP contribution is 2.24. The fraction of sp³-hybridized carbons (Fsp3) is 0.211. The summed E-state index contributed by atoms with van der Waals surface area (Å²) in [6.45, 7) is 2.08. The number of rotatable bonds is 5. The maximum absolute atomic E-state index is 12.9. The van der Waals surface area contributed by atoms with E-state index in [4.69, 9.17) is 0 Å². The summed E-state index contributed by atoms with van der Waals surface area (Å²) in [4.78, 5) is 24.9. The van der Waals surface area contributed by atoms with E-state index in [9.17, 15) is 14.0 Å². The Kier molecular flexibility index (Phi) is 4.49.